The minimum absolute atomic E-state index is 0.140. The van der Waals surface area contributed by atoms with Crippen molar-refractivity contribution in [3.05, 3.63) is 36.0 Å². The van der Waals surface area contributed by atoms with Crippen LogP contribution in [-0.2, 0) is 4.74 Å². The van der Waals surface area contributed by atoms with E-state index in [0.29, 0.717) is 0 Å². The van der Waals surface area contributed by atoms with Gasteiger partial charge in [0.05, 0.1) is 6.10 Å². The van der Waals surface area contributed by atoms with Crippen LogP contribution in [0.1, 0.15) is 13.8 Å². The van der Waals surface area contributed by atoms with Crippen LogP contribution in [0.4, 0.5) is 0 Å². The van der Waals surface area contributed by atoms with Gasteiger partial charge in [-0.3, -0.25) is 0 Å². The zero-order valence-electron chi connectivity index (χ0n) is 8.13. The molecule has 1 aliphatic heterocycles. The van der Waals surface area contributed by atoms with Crippen LogP contribution < -0.4 is 0 Å². The molecule has 2 unspecified atom stereocenters. The van der Waals surface area contributed by atoms with Crippen LogP contribution in [0.25, 0.3) is 0 Å². The van der Waals surface area contributed by atoms with Crippen LogP contribution in [-0.4, -0.2) is 18.4 Å². The quantitative estimate of drug-likeness (QED) is 0.400. The lowest BCUT2D eigenvalue weighted by Crippen LogP contribution is -1.98. The van der Waals surface area contributed by atoms with E-state index in [1.54, 1.807) is 6.08 Å². The molecule has 2 atom stereocenters. The Balaban J connectivity index is 2.62. The summed E-state index contributed by atoms with van der Waals surface area (Å²) in [6.45, 7) is 11.8. The van der Waals surface area contributed by atoms with E-state index in [1.165, 1.54) is 6.21 Å². The molecule has 0 aromatic rings. The Kier molecular flexibility index (Phi) is 2.83. The number of hydrogen-bond acceptors (Lipinski definition) is 2. The van der Waals surface area contributed by atoms with Crippen molar-refractivity contribution in [3.63, 3.8) is 0 Å². The fourth-order valence-electron chi connectivity index (χ4n) is 1.20. The Hall–Kier alpha value is -1.15. The SMILES string of the molecule is C=C(C(=C)C1OC1C)/C(C)=C\C=N. The third-order valence-corrected chi connectivity index (χ3v) is 2.25. The first-order valence-electron chi connectivity index (χ1n) is 4.29. The summed E-state index contributed by atoms with van der Waals surface area (Å²) in [5.74, 6) is 0. The topological polar surface area (TPSA) is 36.4 Å². The van der Waals surface area contributed by atoms with E-state index in [4.69, 9.17) is 10.1 Å². The first kappa shape index (κ1) is 9.93. The van der Waals surface area contributed by atoms with Gasteiger partial charge in [-0.05, 0) is 36.6 Å². The summed E-state index contributed by atoms with van der Waals surface area (Å²) in [6.07, 6.45) is 3.38. The summed E-state index contributed by atoms with van der Waals surface area (Å²) in [5.41, 5.74) is 2.80. The van der Waals surface area contributed by atoms with Gasteiger partial charge >= 0.3 is 0 Å². The molecule has 0 saturated carbocycles. The monoisotopic (exact) mass is 177 g/mol. The molecule has 0 amide bonds. The van der Waals surface area contributed by atoms with Crippen molar-refractivity contribution in [1.29, 1.82) is 5.41 Å². The molecule has 2 heteroatoms. The Morgan fingerprint density at radius 1 is 1.46 bits per heavy atom. The molecule has 1 aliphatic rings. The van der Waals surface area contributed by atoms with Gasteiger partial charge in [0.1, 0.15) is 6.10 Å². The average molecular weight is 177 g/mol. The Labute approximate surface area is 79.1 Å². The van der Waals surface area contributed by atoms with E-state index in [9.17, 15) is 0 Å². The highest BCUT2D eigenvalue weighted by Crippen LogP contribution is 2.33. The highest BCUT2D eigenvalue weighted by atomic mass is 16.6. The Bertz CT molecular complexity index is 288. The summed E-state index contributed by atoms with van der Waals surface area (Å²) in [6, 6.07) is 0. The molecule has 0 spiro atoms. The predicted molar refractivity (Wildman–Crippen MR) is 55.2 cm³/mol. The molecule has 70 valence electrons. The molecule has 0 aromatic heterocycles. The van der Waals surface area contributed by atoms with Gasteiger partial charge in [-0.1, -0.05) is 13.2 Å². The van der Waals surface area contributed by atoms with E-state index < -0.39 is 0 Å². The zero-order valence-corrected chi connectivity index (χ0v) is 8.13. The molecule has 0 radical (unpaired) electrons. The van der Waals surface area contributed by atoms with Gasteiger partial charge in [-0.25, -0.2) is 0 Å². The van der Waals surface area contributed by atoms with Crippen molar-refractivity contribution in [3.8, 4) is 0 Å². The lowest BCUT2D eigenvalue weighted by Gasteiger charge is -2.06. The second-order valence-corrected chi connectivity index (χ2v) is 3.28. The molecule has 1 rings (SSSR count). The first-order chi connectivity index (χ1) is 6.07. The van der Waals surface area contributed by atoms with Crippen molar-refractivity contribution in [2.24, 2.45) is 0 Å². The highest BCUT2D eigenvalue weighted by Gasteiger charge is 2.37. The standard InChI is InChI=1S/C11H15NO/c1-7(5-6-12)8(2)9(3)11-10(4)13-11/h5-6,10-12H,2-3H2,1,4H3/b7-5-,12-6?. The second-order valence-electron chi connectivity index (χ2n) is 3.28. The molecule has 0 bridgehead atoms. The van der Waals surface area contributed by atoms with Crippen LogP contribution in [0.3, 0.4) is 0 Å². The number of allylic oxidation sites excluding steroid dienone is 2. The van der Waals surface area contributed by atoms with Crippen molar-refractivity contribution < 1.29 is 4.74 Å². The predicted octanol–water partition coefficient (Wildman–Crippen LogP) is 2.48. The number of ether oxygens (including phenoxy) is 1. The van der Waals surface area contributed by atoms with Crippen LogP contribution in [0.2, 0.25) is 0 Å². The maximum atomic E-state index is 6.93. The highest BCUT2D eigenvalue weighted by molar-refractivity contribution is 5.71. The minimum atomic E-state index is 0.140. The van der Waals surface area contributed by atoms with Crippen molar-refractivity contribution >= 4 is 6.21 Å². The Morgan fingerprint density at radius 3 is 2.38 bits per heavy atom. The molecule has 13 heavy (non-hydrogen) atoms. The maximum absolute atomic E-state index is 6.93. The molecule has 1 N–H and O–H groups in total. The fourth-order valence-corrected chi connectivity index (χ4v) is 1.20. The Morgan fingerprint density at radius 2 is 2.00 bits per heavy atom. The fraction of sp³-hybridized carbons (Fsp3) is 0.364. The molecule has 1 heterocycles. The molecule has 1 fully saturated rings. The van der Waals surface area contributed by atoms with Crippen molar-refractivity contribution in [2.75, 3.05) is 0 Å². The second kappa shape index (κ2) is 3.71. The van der Waals surface area contributed by atoms with Crippen molar-refractivity contribution in [1.82, 2.24) is 0 Å². The van der Waals surface area contributed by atoms with Gasteiger partial charge in [0.25, 0.3) is 0 Å². The third kappa shape index (κ3) is 2.16. The number of epoxide rings is 1. The lowest BCUT2D eigenvalue weighted by atomic mass is 9.98. The first-order valence-corrected chi connectivity index (χ1v) is 4.29. The van der Waals surface area contributed by atoms with Crippen LogP contribution in [0, 0.1) is 5.41 Å². The van der Waals surface area contributed by atoms with Gasteiger partial charge in [0.15, 0.2) is 0 Å². The largest absolute Gasteiger partial charge is 0.365 e. The summed E-state index contributed by atoms with van der Waals surface area (Å²) in [4.78, 5) is 0. The minimum Gasteiger partial charge on any atom is -0.365 e. The van der Waals surface area contributed by atoms with Crippen LogP contribution >= 0.6 is 0 Å². The van der Waals surface area contributed by atoms with Gasteiger partial charge in [-0.15, -0.1) is 0 Å². The number of rotatable bonds is 4. The third-order valence-electron chi connectivity index (χ3n) is 2.25. The smallest absolute Gasteiger partial charge is 0.109 e. The van der Waals surface area contributed by atoms with E-state index in [0.717, 1.165) is 16.7 Å². The van der Waals surface area contributed by atoms with Crippen LogP contribution in [0.5, 0.6) is 0 Å². The molecule has 1 saturated heterocycles. The van der Waals surface area contributed by atoms with Crippen LogP contribution in [0.15, 0.2) is 36.0 Å². The summed E-state index contributed by atoms with van der Waals surface area (Å²) >= 11 is 0. The van der Waals surface area contributed by atoms with Gasteiger partial charge in [-0.2, -0.15) is 0 Å². The lowest BCUT2D eigenvalue weighted by molar-refractivity contribution is 0.396. The summed E-state index contributed by atoms with van der Waals surface area (Å²) in [7, 11) is 0. The van der Waals surface area contributed by atoms with E-state index >= 15 is 0 Å². The molecule has 0 aromatic carbocycles. The van der Waals surface area contributed by atoms with E-state index in [1.807, 2.05) is 13.8 Å². The zero-order chi connectivity index (χ0) is 10.0. The number of hydrogen-bond donors (Lipinski definition) is 1. The van der Waals surface area contributed by atoms with Gasteiger partial charge in [0.2, 0.25) is 0 Å². The molecular formula is C11H15NO. The van der Waals surface area contributed by atoms with Gasteiger partial charge < -0.3 is 10.1 Å². The number of nitrogens with one attached hydrogen (secondary N) is 1. The molecule has 0 aliphatic carbocycles. The van der Waals surface area contributed by atoms with Gasteiger partial charge in [0, 0.05) is 6.21 Å². The van der Waals surface area contributed by atoms with Crippen molar-refractivity contribution in [2.45, 2.75) is 26.1 Å². The molecule has 2 nitrogen and oxygen atoms in total. The summed E-state index contributed by atoms with van der Waals surface area (Å²) < 4.78 is 5.28. The normalized spacial score (nSPS) is 26.8. The summed E-state index contributed by atoms with van der Waals surface area (Å²) in [5, 5.41) is 6.93. The maximum Gasteiger partial charge on any atom is 0.109 e. The van der Waals surface area contributed by atoms with E-state index in [2.05, 4.69) is 13.2 Å². The average Bonchev–Trinajstić information content (AvgIpc) is 2.80. The molecular weight excluding hydrogens is 162 g/mol. The van der Waals surface area contributed by atoms with E-state index in [-0.39, 0.29) is 12.2 Å².